The van der Waals surface area contributed by atoms with Crippen molar-refractivity contribution in [2.75, 3.05) is 6.61 Å². The molecule has 0 aliphatic heterocycles. The van der Waals surface area contributed by atoms with Crippen molar-refractivity contribution in [1.82, 2.24) is 5.43 Å². The van der Waals surface area contributed by atoms with Gasteiger partial charge in [-0.05, 0) is 53.2 Å². The molecule has 10 nitrogen and oxygen atoms in total. The number of halogens is 1. The van der Waals surface area contributed by atoms with Crippen LogP contribution in [0.3, 0.4) is 0 Å². The van der Waals surface area contributed by atoms with Crippen LogP contribution in [0.15, 0.2) is 74.7 Å². The summed E-state index contributed by atoms with van der Waals surface area (Å²) in [6.07, 6.45) is 1.42. The second kappa shape index (κ2) is 11.4. The van der Waals surface area contributed by atoms with Gasteiger partial charge in [0, 0.05) is 33.1 Å². The van der Waals surface area contributed by atoms with E-state index in [1.807, 2.05) is 19.1 Å². The molecule has 0 bridgehead atoms. The van der Waals surface area contributed by atoms with Crippen LogP contribution in [0.5, 0.6) is 11.5 Å². The summed E-state index contributed by atoms with van der Waals surface area (Å²) in [7, 11) is 0. The molecule has 37 heavy (non-hydrogen) atoms. The van der Waals surface area contributed by atoms with Gasteiger partial charge in [0.05, 0.1) is 29.4 Å². The zero-order valence-corrected chi connectivity index (χ0v) is 21.0. The van der Waals surface area contributed by atoms with E-state index in [-0.39, 0.29) is 18.1 Å². The Morgan fingerprint density at radius 2 is 1.97 bits per heavy atom. The number of nitro benzene ring substituents is 1. The summed E-state index contributed by atoms with van der Waals surface area (Å²) in [6, 6.07) is 18.2. The molecule has 1 aromatic heterocycles. The number of hydrogen-bond acceptors (Lipinski definition) is 8. The molecule has 0 unspecified atom stereocenters. The lowest BCUT2D eigenvalue weighted by Crippen LogP contribution is -2.16. The van der Waals surface area contributed by atoms with Crippen LogP contribution in [0.4, 0.5) is 5.69 Å². The summed E-state index contributed by atoms with van der Waals surface area (Å²) < 4.78 is 17.7. The first-order valence-electron chi connectivity index (χ1n) is 11.0. The number of nitro groups is 1. The number of nitrogens with zero attached hydrogens (tertiary/aromatic N) is 3. The number of hydrazone groups is 1. The molecule has 1 N–H and O–H groups in total. The molecule has 0 atom stereocenters. The maximum atomic E-state index is 12.5. The molecule has 186 valence electrons. The number of nitrogens with one attached hydrogen (secondary N) is 1. The first-order valence-corrected chi connectivity index (χ1v) is 11.8. The smallest absolute Gasteiger partial charge is 0.307 e. The molecule has 3 aromatic carbocycles. The van der Waals surface area contributed by atoms with Gasteiger partial charge in [0.2, 0.25) is 0 Å². The highest BCUT2D eigenvalue weighted by atomic mass is 79.9. The second-order valence-corrected chi connectivity index (χ2v) is 8.45. The van der Waals surface area contributed by atoms with Gasteiger partial charge >= 0.3 is 5.91 Å². The zero-order valence-electron chi connectivity index (χ0n) is 19.4. The average Bonchev–Trinajstić information content (AvgIpc) is 3.33. The van der Waals surface area contributed by atoms with Crippen molar-refractivity contribution in [3.05, 3.63) is 97.7 Å². The van der Waals surface area contributed by atoms with Gasteiger partial charge in [0.1, 0.15) is 12.2 Å². The second-order valence-electron chi connectivity index (χ2n) is 7.60. The fourth-order valence-corrected chi connectivity index (χ4v) is 3.84. The third kappa shape index (κ3) is 5.94. The molecular weight excluding hydrogens is 544 g/mol. The van der Waals surface area contributed by atoms with Crippen molar-refractivity contribution in [1.29, 1.82) is 5.26 Å². The van der Waals surface area contributed by atoms with Crippen molar-refractivity contribution in [2.45, 2.75) is 13.5 Å². The van der Waals surface area contributed by atoms with E-state index in [9.17, 15) is 20.2 Å². The Morgan fingerprint density at radius 3 is 2.73 bits per heavy atom. The number of hydrogen-bond donors (Lipinski definition) is 1. The Bertz CT molecular complexity index is 1560. The van der Waals surface area contributed by atoms with E-state index in [4.69, 9.17) is 13.9 Å². The lowest BCUT2D eigenvalue weighted by molar-refractivity contribution is -0.384. The molecule has 4 aromatic rings. The van der Waals surface area contributed by atoms with Crippen LogP contribution >= 0.6 is 15.9 Å². The van der Waals surface area contributed by atoms with Crippen molar-refractivity contribution in [3.63, 3.8) is 0 Å². The first kappa shape index (κ1) is 25.4. The molecule has 0 aliphatic rings. The van der Waals surface area contributed by atoms with E-state index in [2.05, 4.69) is 32.5 Å². The third-order valence-corrected chi connectivity index (χ3v) is 5.87. The molecule has 0 aliphatic carbocycles. The summed E-state index contributed by atoms with van der Waals surface area (Å²) in [5, 5.41) is 24.6. The molecular formula is C26H19BrN4O6. The van der Waals surface area contributed by atoms with Crippen molar-refractivity contribution in [3.8, 4) is 17.6 Å². The van der Waals surface area contributed by atoms with E-state index in [1.165, 1.54) is 30.5 Å². The number of carbonyl (C=O) groups excluding carboxylic acids is 1. The largest absolute Gasteiger partial charge is 0.490 e. The van der Waals surface area contributed by atoms with E-state index in [0.29, 0.717) is 44.7 Å². The van der Waals surface area contributed by atoms with Crippen molar-refractivity contribution in [2.24, 2.45) is 5.10 Å². The molecule has 0 fully saturated rings. The molecule has 0 radical (unpaired) electrons. The van der Waals surface area contributed by atoms with Gasteiger partial charge in [-0.2, -0.15) is 10.4 Å². The summed E-state index contributed by atoms with van der Waals surface area (Å²) in [6.45, 7) is 2.41. The van der Waals surface area contributed by atoms with Crippen LogP contribution in [0, 0.1) is 21.4 Å². The van der Waals surface area contributed by atoms with Crippen LogP contribution in [0.2, 0.25) is 0 Å². The highest BCUT2D eigenvalue weighted by Gasteiger charge is 2.15. The van der Waals surface area contributed by atoms with Crippen LogP contribution in [0.25, 0.3) is 11.0 Å². The summed E-state index contributed by atoms with van der Waals surface area (Å²) in [5.74, 6) is 0.279. The zero-order chi connectivity index (χ0) is 26.4. The van der Waals surface area contributed by atoms with E-state index in [0.717, 1.165) is 5.56 Å². The lowest BCUT2D eigenvalue weighted by Gasteiger charge is -2.14. The summed E-state index contributed by atoms with van der Waals surface area (Å²) >= 11 is 3.48. The maximum absolute atomic E-state index is 12.5. The molecule has 1 heterocycles. The fraction of sp³-hybridized carbons (Fsp3) is 0.115. The lowest BCUT2D eigenvalue weighted by atomic mass is 10.1. The van der Waals surface area contributed by atoms with Crippen molar-refractivity contribution < 1.29 is 23.6 Å². The van der Waals surface area contributed by atoms with Gasteiger partial charge in [-0.25, -0.2) is 5.43 Å². The van der Waals surface area contributed by atoms with E-state index < -0.39 is 10.8 Å². The van der Waals surface area contributed by atoms with Crippen LogP contribution in [-0.2, 0) is 6.61 Å². The summed E-state index contributed by atoms with van der Waals surface area (Å²) in [4.78, 5) is 22.9. The van der Waals surface area contributed by atoms with Gasteiger partial charge in [0.25, 0.3) is 5.69 Å². The molecule has 11 heteroatoms. The Hall–Kier alpha value is -4.69. The quantitative estimate of drug-likeness (QED) is 0.156. The third-order valence-electron chi connectivity index (χ3n) is 5.19. The minimum absolute atomic E-state index is 0.0388. The normalized spacial score (nSPS) is 10.8. The van der Waals surface area contributed by atoms with Crippen LogP contribution in [-0.4, -0.2) is 23.7 Å². The predicted molar refractivity (Wildman–Crippen MR) is 139 cm³/mol. The average molecular weight is 563 g/mol. The van der Waals surface area contributed by atoms with Crippen molar-refractivity contribution >= 4 is 44.7 Å². The standard InChI is InChI=1S/C26H19BrN4O6/c1-2-35-23-11-19(21(27)12-24(23)36-15-17-6-4-3-5-16(17)13-28)14-29-30-26(32)25-10-18-9-20(31(33)34)7-8-22(18)37-25/h3-12,14H,2,15H2,1H3,(H,30,32)/b29-14+. The number of fused-ring (bicyclic) bond motifs is 1. The number of carbonyl (C=O) groups is 1. The number of nitriles is 1. The van der Waals surface area contributed by atoms with Gasteiger partial charge in [-0.15, -0.1) is 0 Å². The Labute approximate surface area is 219 Å². The number of rotatable bonds is 9. The number of benzene rings is 3. The summed E-state index contributed by atoms with van der Waals surface area (Å²) in [5.41, 5.74) is 4.50. The number of furan rings is 1. The highest BCUT2D eigenvalue weighted by molar-refractivity contribution is 9.10. The maximum Gasteiger partial charge on any atom is 0.307 e. The molecule has 1 amide bonds. The first-order chi connectivity index (χ1) is 17.9. The van der Waals surface area contributed by atoms with Gasteiger partial charge in [-0.1, -0.05) is 18.2 Å². The van der Waals surface area contributed by atoms with Crippen LogP contribution in [0.1, 0.15) is 34.2 Å². The molecule has 0 saturated carbocycles. The van der Waals surface area contributed by atoms with Gasteiger partial charge < -0.3 is 13.9 Å². The SMILES string of the molecule is CCOc1cc(/C=N/NC(=O)c2cc3cc([N+](=O)[O-])ccc3o2)c(Br)cc1OCc1ccccc1C#N. The van der Waals surface area contributed by atoms with Crippen LogP contribution < -0.4 is 14.9 Å². The predicted octanol–water partition coefficient (Wildman–Crippen LogP) is 5.72. The Kier molecular flexibility index (Phi) is 7.80. The van der Waals surface area contributed by atoms with E-state index in [1.54, 1.807) is 24.3 Å². The molecule has 0 saturated heterocycles. The number of non-ortho nitro benzene ring substituents is 1. The monoisotopic (exact) mass is 562 g/mol. The highest BCUT2D eigenvalue weighted by Crippen LogP contribution is 2.34. The minimum Gasteiger partial charge on any atom is -0.490 e. The fourth-order valence-electron chi connectivity index (χ4n) is 3.41. The molecule has 4 rings (SSSR count). The Balaban J connectivity index is 1.48. The molecule has 0 spiro atoms. The van der Waals surface area contributed by atoms with Gasteiger partial charge in [-0.3, -0.25) is 14.9 Å². The minimum atomic E-state index is -0.618. The van der Waals surface area contributed by atoms with Gasteiger partial charge in [0.15, 0.2) is 17.3 Å². The van der Waals surface area contributed by atoms with E-state index >= 15 is 0 Å². The number of amides is 1. The Morgan fingerprint density at radius 1 is 1.19 bits per heavy atom. The topological polar surface area (TPSA) is 140 Å². The number of ether oxygens (including phenoxy) is 2.